The molecule has 0 radical (unpaired) electrons. The summed E-state index contributed by atoms with van der Waals surface area (Å²) < 4.78 is 2.36. The number of hydrogen-bond donors (Lipinski definition) is 0. The van der Waals surface area contributed by atoms with Gasteiger partial charge in [0, 0.05) is 25.1 Å². The predicted molar refractivity (Wildman–Crippen MR) is 91.6 cm³/mol. The van der Waals surface area contributed by atoms with Crippen molar-refractivity contribution in [1.29, 1.82) is 0 Å². The van der Waals surface area contributed by atoms with E-state index in [9.17, 15) is 19.7 Å². The van der Waals surface area contributed by atoms with Crippen LogP contribution in [0, 0.1) is 10.1 Å². The van der Waals surface area contributed by atoms with Crippen LogP contribution in [0.4, 0.5) is 5.69 Å². The van der Waals surface area contributed by atoms with Crippen molar-refractivity contribution in [3.8, 4) is 0 Å². The third-order valence-corrected chi connectivity index (χ3v) is 4.79. The van der Waals surface area contributed by atoms with Crippen molar-refractivity contribution in [3.63, 3.8) is 0 Å². The lowest BCUT2D eigenvalue weighted by Gasteiger charge is -2.11. The van der Waals surface area contributed by atoms with Crippen LogP contribution in [-0.2, 0) is 14.1 Å². The Kier molecular flexibility index (Phi) is 3.98. The first-order valence-corrected chi connectivity index (χ1v) is 7.83. The molecule has 1 aromatic heterocycles. The molecule has 3 rings (SSSR count). The molecule has 0 unspecified atom stereocenters. The number of nitro groups is 1. The summed E-state index contributed by atoms with van der Waals surface area (Å²) in [6.07, 6.45) is 0. The molecule has 24 heavy (non-hydrogen) atoms. The lowest BCUT2D eigenvalue weighted by atomic mass is 10.2. The molecule has 0 saturated heterocycles. The summed E-state index contributed by atoms with van der Waals surface area (Å²) in [7, 11) is 2.91. The van der Waals surface area contributed by atoms with E-state index in [0.29, 0.717) is 15.9 Å². The number of fused-ring (bicyclic) bond motifs is 1. The van der Waals surface area contributed by atoms with Gasteiger partial charge in [0.05, 0.1) is 20.9 Å². The van der Waals surface area contributed by atoms with Crippen molar-refractivity contribution >= 4 is 28.5 Å². The van der Waals surface area contributed by atoms with E-state index in [-0.39, 0.29) is 5.69 Å². The second-order valence-electron chi connectivity index (χ2n) is 5.21. The minimum atomic E-state index is -0.720. The summed E-state index contributed by atoms with van der Waals surface area (Å²) >= 11 is 1.24. The van der Waals surface area contributed by atoms with Gasteiger partial charge in [-0.1, -0.05) is 30.0 Å². The largest absolute Gasteiger partial charge is 0.316 e. The smallest absolute Gasteiger partial charge is 0.305 e. The predicted octanol–water partition coefficient (Wildman–Crippen LogP) is 2.30. The second kappa shape index (κ2) is 5.97. The van der Waals surface area contributed by atoms with E-state index < -0.39 is 16.0 Å². The van der Waals surface area contributed by atoms with Crippen molar-refractivity contribution in [3.05, 3.63) is 73.3 Å². The van der Waals surface area contributed by atoms with Crippen LogP contribution in [0.3, 0.4) is 0 Å². The van der Waals surface area contributed by atoms with Crippen molar-refractivity contribution < 1.29 is 4.92 Å². The first-order chi connectivity index (χ1) is 11.4. The van der Waals surface area contributed by atoms with Gasteiger partial charge in [-0.15, -0.1) is 0 Å². The lowest BCUT2D eigenvalue weighted by Crippen LogP contribution is -2.39. The summed E-state index contributed by atoms with van der Waals surface area (Å²) in [5.41, 5.74) is -0.695. The molecule has 0 saturated carbocycles. The minimum Gasteiger partial charge on any atom is -0.305 e. The van der Waals surface area contributed by atoms with E-state index in [0.717, 1.165) is 9.46 Å². The van der Waals surface area contributed by atoms with Gasteiger partial charge in [0.2, 0.25) is 0 Å². The van der Waals surface area contributed by atoms with Gasteiger partial charge in [0.25, 0.3) is 5.69 Å². The Morgan fingerprint density at radius 3 is 2.04 bits per heavy atom. The van der Waals surface area contributed by atoms with Crippen LogP contribution in [0.2, 0.25) is 0 Å². The van der Waals surface area contributed by atoms with E-state index >= 15 is 0 Å². The van der Waals surface area contributed by atoms with Crippen LogP contribution in [0.15, 0.2) is 61.8 Å². The Hall–Kier alpha value is -2.87. The van der Waals surface area contributed by atoms with Gasteiger partial charge in [-0.3, -0.25) is 19.7 Å². The van der Waals surface area contributed by atoms with E-state index in [1.807, 2.05) is 30.3 Å². The highest BCUT2D eigenvalue weighted by molar-refractivity contribution is 7.99. The van der Waals surface area contributed by atoms with Crippen LogP contribution >= 0.6 is 11.8 Å². The van der Waals surface area contributed by atoms with E-state index in [4.69, 9.17) is 0 Å². The standard InChI is InChI=1S/C16H13N3O4S/c1-17-11-8-13(19(22)23)14(24-10-6-4-3-5-7-10)9-12(11)18(2)16(21)15(17)20/h3-9H,1-2H3. The summed E-state index contributed by atoms with van der Waals surface area (Å²) in [6.45, 7) is 0. The fourth-order valence-corrected chi connectivity index (χ4v) is 3.39. The Labute approximate surface area is 140 Å². The number of hydrogen-bond acceptors (Lipinski definition) is 5. The van der Waals surface area contributed by atoms with Crippen molar-refractivity contribution in [1.82, 2.24) is 9.13 Å². The molecular formula is C16H13N3O4S. The summed E-state index contributed by atoms with van der Waals surface area (Å²) in [6, 6.07) is 12.1. The van der Waals surface area contributed by atoms with Crippen molar-refractivity contribution in [2.75, 3.05) is 0 Å². The topological polar surface area (TPSA) is 87.1 Å². The van der Waals surface area contributed by atoms with Gasteiger partial charge in [-0.25, -0.2) is 0 Å². The van der Waals surface area contributed by atoms with Crippen LogP contribution < -0.4 is 11.1 Å². The number of nitro benzene ring substituents is 1. The van der Waals surface area contributed by atoms with Crippen molar-refractivity contribution in [2.45, 2.75) is 9.79 Å². The molecule has 0 spiro atoms. The van der Waals surface area contributed by atoms with Crippen LogP contribution in [0.5, 0.6) is 0 Å². The molecule has 0 aliphatic heterocycles. The maximum absolute atomic E-state index is 12.0. The summed E-state index contributed by atoms with van der Waals surface area (Å²) in [4.78, 5) is 36.1. The summed E-state index contributed by atoms with van der Waals surface area (Å²) in [5, 5.41) is 11.4. The molecular weight excluding hydrogens is 330 g/mol. The molecule has 0 amide bonds. The maximum atomic E-state index is 12.0. The highest BCUT2D eigenvalue weighted by Gasteiger charge is 2.20. The zero-order valence-corrected chi connectivity index (χ0v) is 13.7. The Balaban J connectivity index is 2.33. The number of aromatic nitrogens is 2. The van der Waals surface area contributed by atoms with Gasteiger partial charge < -0.3 is 9.13 Å². The Morgan fingerprint density at radius 2 is 1.50 bits per heavy atom. The van der Waals surface area contributed by atoms with E-state index in [1.54, 1.807) is 6.07 Å². The third-order valence-electron chi connectivity index (χ3n) is 3.74. The highest BCUT2D eigenvalue weighted by atomic mass is 32.2. The Morgan fingerprint density at radius 1 is 0.958 bits per heavy atom. The van der Waals surface area contributed by atoms with E-state index in [1.165, 1.54) is 36.5 Å². The number of aryl methyl sites for hydroxylation is 2. The van der Waals surface area contributed by atoms with Gasteiger partial charge in [0.1, 0.15) is 0 Å². The molecule has 0 bridgehead atoms. The molecule has 7 nitrogen and oxygen atoms in total. The van der Waals surface area contributed by atoms with Gasteiger partial charge in [0.15, 0.2) is 0 Å². The average molecular weight is 343 g/mol. The van der Waals surface area contributed by atoms with E-state index in [2.05, 4.69) is 0 Å². The highest BCUT2D eigenvalue weighted by Crippen LogP contribution is 2.36. The molecule has 0 N–H and O–H groups in total. The maximum Gasteiger partial charge on any atom is 0.316 e. The van der Waals surface area contributed by atoms with Crippen LogP contribution in [-0.4, -0.2) is 14.1 Å². The molecule has 122 valence electrons. The molecule has 8 heteroatoms. The number of rotatable bonds is 3. The minimum absolute atomic E-state index is 0.106. The third kappa shape index (κ3) is 2.61. The normalized spacial score (nSPS) is 10.9. The molecule has 0 aliphatic carbocycles. The molecule has 0 aliphatic rings. The summed E-state index contributed by atoms with van der Waals surface area (Å²) in [5.74, 6) is 0. The molecule has 0 fully saturated rings. The second-order valence-corrected chi connectivity index (χ2v) is 6.32. The van der Waals surface area contributed by atoms with Gasteiger partial charge in [-0.05, 0) is 18.2 Å². The monoisotopic (exact) mass is 343 g/mol. The SMILES string of the molecule is Cn1c(=O)c(=O)n(C)c2cc([N+](=O)[O-])c(Sc3ccccc3)cc21. The molecule has 1 heterocycles. The first-order valence-electron chi connectivity index (χ1n) is 7.01. The number of benzene rings is 2. The molecule has 3 aromatic rings. The lowest BCUT2D eigenvalue weighted by molar-refractivity contribution is -0.387. The molecule has 2 aromatic carbocycles. The Bertz CT molecular complexity index is 1070. The first kappa shape index (κ1) is 16.0. The quantitative estimate of drug-likeness (QED) is 0.414. The zero-order valence-electron chi connectivity index (χ0n) is 12.9. The van der Waals surface area contributed by atoms with Crippen molar-refractivity contribution in [2.24, 2.45) is 14.1 Å². The fraction of sp³-hybridized carbons (Fsp3) is 0.125. The fourth-order valence-electron chi connectivity index (χ4n) is 2.43. The zero-order chi connectivity index (χ0) is 17.4. The number of nitrogens with zero attached hydrogens (tertiary/aromatic N) is 3. The van der Waals surface area contributed by atoms with Gasteiger partial charge in [-0.2, -0.15) is 0 Å². The van der Waals surface area contributed by atoms with Crippen LogP contribution in [0.1, 0.15) is 0 Å². The average Bonchev–Trinajstić information content (AvgIpc) is 2.58. The van der Waals surface area contributed by atoms with Crippen LogP contribution in [0.25, 0.3) is 11.0 Å². The molecule has 0 atom stereocenters. The van der Waals surface area contributed by atoms with Gasteiger partial charge >= 0.3 is 11.1 Å².